The van der Waals surface area contributed by atoms with E-state index in [0.29, 0.717) is 26.3 Å². The molecule has 0 aliphatic carbocycles. The fourth-order valence-electron chi connectivity index (χ4n) is 1.22. The first-order valence-electron chi connectivity index (χ1n) is 6.20. The van der Waals surface area contributed by atoms with Gasteiger partial charge in [0.25, 0.3) is 0 Å². The SMILES string of the molecule is CCOCCCNC(=O)CCC(=O)N(C)CC. The Morgan fingerprint density at radius 3 is 2.53 bits per heavy atom. The Morgan fingerprint density at radius 2 is 1.94 bits per heavy atom. The highest BCUT2D eigenvalue weighted by molar-refractivity contribution is 5.83. The number of nitrogens with one attached hydrogen (secondary N) is 1. The topological polar surface area (TPSA) is 58.6 Å². The maximum atomic E-state index is 11.4. The Labute approximate surface area is 103 Å². The number of rotatable bonds is 9. The van der Waals surface area contributed by atoms with Gasteiger partial charge in [0.05, 0.1) is 0 Å². The van der Waals surface area contributed by atoms with Gasteiger partial charge < -0.3 is 15.0 Å². The Kier molecular flexibility index (Phi) is 9.43. The van der Waals surface area contributed by atoms with Gasteiger partial charge in [-0.05, 0) is 20.3 Å². The summed E-state index contributed by atoms with van der Waals surface area (Å²) in [4.78, 5) is 24.4. The summed E-state index contributed by atoms with van der Waals surface area (Å²) in [5, 5.41) is 2.76. The monoisotopic (exact) mass is 244 g/mol. The van der Waals surface area contributed by atoms with Crippen molar-refractivity contribution in [2.75, 3.05) is 33.4 Å². The molecule has 0 unspecified atom stereocenters. The number of carbonyl (C=O) groups is 2. The number of amides is 2. The minimum absolute atomic E-state index is 0.0111. The predicted molar refractivity (Wildman–Crippen MR) is 66.7 cm³/mol. The molecular formula is C12H24N2O3. The zero-order chi connectivity index (χ0) is 13.1. The molecule has 0 saturated heterocycles. The molecule has 0 radical (unpaired) electrons. The first kappa shape index (κ1) is 15.9. The van der Waals surface area contributed by atoms with Crippen LogP contribution in [-0.2, 0) is 14.3 Å². The van der Waals surface area contributed by atoms with Crippen LogP contribution in [0.3, 0.4) is 0 Å². The molecule has 100 valence electrons. The highest BCUT2D eigenvalue weighted by Crippen LogP contribution is 1.95. The van der Waals surface area contributed by atoms with Crippen LogP contribution in [0.25, 0.3) is 0 Å². The van der Waals surface area contributed by atoms with Crippen LogP contribution in [0.4, 0.5) is 0 Å². The van der Waals surface area contributed by atoms with Crippen LogP contribution >= 0.6 is 0 Å². The van der Waals surface area contributed by atoms with E-state index in [1.165, 1.54) is 0 Å². The molecule has 0 heterocycles. The van der Waals surface area contributed by atoms with E-state index in [1.54, 1.807) is 11.9 Å². The molecule has 0 aromatic heterocycles. The fraction of sp³-hybridized carbons (Fsp3) is 0.833. The van der Waals surface area contributed by atoms with Crippen molar-refractivity contribution in [1.29, 1.82) is 0 Å². The standard InChI is InChI=1S/C12H24N2O3/c1-4-14(3)12(16)8-7-11(15)13-9-6-10-17-5-2/h4-10H2,1-3H3,(H,13,15). The molecule has 0 atom stereocenters. The van der Waals surface area contributed by atoms with Gasteiger partial charge in [-0.3, -0.25) is 9.59 Å². The average Bonchev–Trinajstić information content (AvgIpc) is 2.34. The van der Waals surface area contributed by atoms with E-state index in [2.05, 4.69) is 5.32 Å². The van der Waals surface area contributed by atoms with Gasteiger partial charge in [0.1, 0.15) is 0 Å². The van der Waals surface area contributed by atoms with Crippen molar-refractivity contribution in [1.82, 2.24) is 10.2 Å². The lowest BCUT2D eigenvalue weighted by molar-refractivity contribution is -0.132. The summed E-state index contributed by atoms with van der Waals surface area (Å²) < 4.78 is 5.15. The number of nitrogens with zero attached hydrogens (tertiary/aromatic N) is 1. The number of hydrogen-bond donors (Lipinski definition) is 1. The van der Waals surface area contributed by atoms with Crippen LogP contribution in [0.1, 0.15) is 33.1 Å². The van der Waals surface area contributed by atoms with Crippen LogP contribution in [0.15, 0.2) is 0 Å². The summed E-state index contributed by atoms with van der Waals surface area (Å²) in [7, 11) is 1.74. The van der Waals surface area contributed by atoms with Gasteiger partial charge in [-0.1, -0.05) is 0 Å². The van der Waals surface area contributed by atoms with Gasteiger partial charge in [0.2, 0.25) is 11.8 Å². The fourth-order valence-corrected chi connectivity index (χ4v) is 1.22. The molecule has 2 amide bonds. The van der Waals surface area contributed by atoms with Crippen molar-refractivity contribution in [3.8, 4) is 0 Å². The lowest BCUT2D eigenvalue weighted by Gasteiger charge is -2.13. The molecule has 0 aromatic rings. The first-order valence-corrected chi connectivity index (χ1v) is 6.20. The van der Waals surface area contributed by atoms with E-state index in [1.807, 2.05) is 13.8 Å². The molecule has 0 spiro atoms. The van der Waals surface area contributed by atoms with E-state index in [4.69, 9.17) is 4.74 Å². The van der Waals surface area contributed by atoms with Crippen LogP contribution in [-0.4, -0.2) is 50.1 Å². The molecule has 17 heavy (non-hydrogen) atoms. The second-order valence-electron chi connectivity index (χ2n) is 3.81. The zero-order valence-corrected chi connectivity index (χ0v) is 11.1. The smallest absolute Gasteiger partial charge is 0.222 e. The van der Waals surface area contributed by atoms with Gasteiger partial charge in [-0.2, -0.15) is 0 Å². The largest absolute Gasteiger partial charge is 0.382 e. The van der Waals surface area contributed by atoms with Crippen LogP contribution in [0.2, 0.25) is 0 Å². The lowest BCUT2D eigenvalue weighted by Crippen LogP contribution is -2.29. The third-order valence-corrected chi connectivity index (χ3v) is 2.46. The first-order chi connectivity index (χ1) is 8.11. The molecule has 0 rings (SSSR count). The van der Waals surface area contributed by atoms with Gasteiger partial charge >= 0.3 is 0 Å². The average molecular weight is 244 g/mol. The highest BCUT2D eigenvalue weighted by atomic mass is 16.5. The maximum absolute atomic E-state index is 11.4. The van der Waals surface area contributed by atoms with Gasteiger partial charge in [0.15, 0.2) is 0 Å². The summed E-state index contributed by atoms with van der Waals surface area (Å²) in [6.45, 7) is 6.49. The summed E-state index contributed by atoms with van der Waals surface area (Å²) >= 11 is 0. The third kappa shape index (κ3) is 8.68. The summed E-state index contributed by atoms with van der Waals surface area (Å²) in [5.74, 6) is -0.0590. The third-order valence-electron chi connectivity index (χ3n) is 2.46. The number of hydrogen-bond acceptors (Lipinski definition) is 3. The van der Waals surface area contributed by atoms with Crippen molar-refractivity contribution in [3.05, 3.63) is 0 Å². The van der Waals surface area contributed by atoms with Gasteiger partial charge in [-0.15, -0.1) is 0 Å². The molecule has 5 heteroatoms. The van der Waals surface area contributed by atoms with Crippen molar-refractivity contribution in [2.45, 2.75) is 33.1 Å². The second kappa shape index (κ2) is 10.1. The minimum Gasteiger partial charge on any atom is -0.382 e. The normalized spacial score (nSPS) is 10.1. The summed E-state index contributed by atoms with van der Waals surface area (Å²) in [6.07, 6.45) is 1.35. The Hall–Kier alpha value is -1.10. The van der Waals surface area contributed by atoms with Crippen molar-refractivity contribution in [3.63, 3.8) is 0 Å². The molecule has 5 nitrogen and oxygen atoms in total. The highest BCUT2D eigenvalue weighted by Gasteiger charge is 2.09. The molecule has 0 fully saturated rings. The van der Waals surface area contributed by atoms with E-state index < -0.39 is 0 Å². The molecule has 0 bridgehead atoms. The maximum Gasteiger partial charge on any atom is 0.222 e. The Morgan fingerprint density at radius 1 is 1.24 bits per heavy atom. The van der Waals surface area contributed by atoms with E-state index >= 15 is 0 Å². The zero-order valence-electron chi connectivity index (χ0n) is 11.1. The summed E-state index contributed by atoms with van der Waals surface area (Å²) in [6, 6.07) is 0. The predicted octanol–water partition coefficient (Wildman–Crippen LogP) is 0.788. The van der Waals surface area contributed by atoms with Crippen molar-refractivity contribution >= 4 is 11.8 Å². The molecule has 1 N–H and O–H groups in total. The molecule has 0 aliphatic heterocycles. The van der Waals surface area contributed by atoms with Crippen LogP contribution < -0.4 is 5.32 Å². The molecule has 0 aliphatic rings. The summed E-state index contributed by atoms with van der Waals surface area (Å²) in [5.41, 5.74) is 0. The second-order valence-corrected chi connectivity index (χ2v) is 3.81. The molecular weight excluding hydrogens is 220 g/mol. The van der Waals surface area contributed by atoms with E-state index in [0.717, 1.165) is 6.42 Å². The minimum atomic E-state index is -0.0700. The van der Waals surface area contributed by atoms with E-state index in [-0.39, 0.29) is 24.7 Å². The number of ether oxygens (including phenoxy) is 1. The van der Waals surface area contributed by atoms with E-state index in [9.17, 15) is 9.59 Å². The molecule has 0 saturated carbocycles. The lowest BCUT2D eigenvalue weighted by atomic mass is 10.2. The van der Waals surface area contributed by atoms with Crippen molar-refractivity contribution < 1.29 is 14.3 Å². The van der Waals surface area contributed by atoms with Crippen LogP contribution in [0.5, 0.6) is 0 Å². The number of carbonyl (C=O) groups excluding carboxylic acids is 2. The van der Waals surface area contributed by atoms with Crippen molar-refractivity contribution in [2.24, 2.45) is 0 Å². The van der Waals surface area contributed by atoms with Gasteiger partial charge in [0, 0.05) is 46.2 Å². The Balaban J connectivity index is 3.49. The quantitative estimate of drug-likeness (QED) is 0.610. The molecule has 0 aromatic carbocycles. The Bertz CT molecular complexity index is 232. The van der Waals surface area contributed by atoms with Gasteiger partial charge in [-0.25, -0.2) is 0 Å². The van der Waals surface area contributed by atoms with Crippen LogP contribution in [0, 0.1) is 0 Å².